The van der Waals surface area contributed by atoms with Crippen LogP contribution < -0.4 is 5.32 Å². The molecule has 3 aromatic rings. The third-order valence-corrected chi connectivity index (χ3v) is 5.87. The second-order valence-corrected chi connectivity index (χ2v) is 7.94. The molecule has 0 radical (unpaired) electrons. The predicted octanol–water partition coefficient (Wildman–Crippen LogP) is 5.03. The first-order chi connectivity index (χ1) is 13.7. The molecule has 1 aliphatic carbocycles. The summed E-state index contributed by atoms with van der Waals surface area (Å²) < 4.78 is 13.6. The number of halogens is 1. The molecule has 144 valence electrons. The number of aromatic amines is 1. The maximum Gasteiger partial charge on any atom is 0.230 e. The predicted molar refractivity (Wildman–Crippen MR) is 111 cm³/mol. The van der Waals surface area contributed by atoms with Gasteiger partial charge in [0.15, 0.2) is 0 Å². The van der Waals surface area contributed by atoms with Gasteiger partial charge in [0.25, 0.3) is 0 Å². The Kier molecular flexibility index (Phi) is 5.76. The number of hydrogen-bond donors (Lipinski definition) is 2. The minimum Gasteiger partial charge on any atom is -0.353 e. The van der Waals surface area contributed by atoms with Crippen LogP contribution in [0, 0.1) is 5.82 Å². The molecule has 1 aromatic heterocycles. The average Bonchev–Trinajstić information content (AvgIpc) is 3.37. The van der Waals surface area contributed by atoms with E-state index < -0.39 is 0 Å². The van der Waals surface area contributed by atoms with E-state index in [1.165, 1.54) is 36.7 Å². The van der Waals surface area contributed by atoms with Gasteiger partial charge in [-0.1, -0.05) is 67.1 Å². The summed E-state index contributed by atoms with van der Waals surface area (Å²) in [5, 5.41) is 3.85. The molecule has 2 aromatic carbocycles. The summed E-state index contributed by atoms with van der Waals surface area (Å²) >= 11 is 1.40. The number of thioether (sulfide) groups is 1. The van der Waals surface area contributed by atoms with Crippen molar-refractivity contribution in [2.45, 2.75) is 36.8 Å². The summed E-state index contributed by atoms with van der Waals surface area (Å²) in [7, 11) is 0. The Morgan fingerprint density at radius 1 is 1.11 bits per heavy atom. The molecular weight excluding hydrogens is 373 g/mol. The van der Waals surface area contributed by atoms with Crippen molar-refractivity contribution in [2.24, 2.45) is 0 Å². The van der Waals surface area contributed by atoms with Crippen molar-refractivity contribution in [3.63, 3.8) is 0 Å². The fourth-order valence-electron chi connectivity index (χ4n) is 3.51. The van der Waals surface area contributed by atoms with Crippen molar-refractivity contribution >= 4 is 17.7 Å². The van der Waals surface area contributed by atoms with Crippen molar-refractivity contribution in [1.29, 1.82) is 0 Å². The van der Waals surface area contributed by atoms with Crippen LogP contribution in [-0.2, 0) is 4.79 Å². The number of carbonyl (C=O) groups excluding carboxylic acids is 1. The lowest BCUT2D eigenvalue weighted by atomic mass is 10.2. The Morgan fingerprint density at radius 2 is 1.86 bits per heavy atom. The third kappa shape index (κ3) is 4.44. The van der Waals surface area contributed by atoms with Crippen LogP contribution in [0.3, 0.4) is 0 Å². The zero-order valence-electron chi connectivity index (χ0n) is 15.5. The van der Waals surface area contributed by atoms with Crippen LogP contribution in [-0.4, -0.2) is 27.7 Å². The number of carbonyl (C=O) groups is 1. The molecule has 4 nitrogen and oxygen atoms in total. The van der Waals surface area contributed by atoms with Gasteiger partial charge < -0.3 is 10.3 Å². The molecule has 0 bridgehead atoms. The highest BCUT2D eigenvalue weighted by Gasteiger charge is 2.19. The number of rotatable bonds is 6. The largest absolute Gasteiger partial charge is 0.353 e. The van der Waals surface area contributed by atoms with Crippen LogP contribution in [0.15, 0.2) is 59.6 Å². The van der Waals surface area contributed by atoms with E-state index in [1.54, 1.807) is 6.07 Å². The summed E-state index contributed by atoms with van der Waals surface area (Å²) in [5.74, 6) is 0.632. The first-order valence-corrected chi connectivity index (χ1v) is 10.5. The summed E-state index contributed by atoms with van der Waals surface area (Å²) in [6, 6.07) is 16.5. The molecule has 28 heavy (non-hydrogen) atoms. The molecule has 0 saturated heterocycles. The summed E-state index contributed by atoms with van der Waals surface area (Å²) in [6.45, 7) is 0. The van der Waals surface area contributed by atoms with Crippen molar-refractivity contribution in [2.75, 3.05) is 5.75 Å². The van der Waals surface area contributed by atoms with E-state index in [2.05, 4.69) is 15.3 Å². The van der Waals surface area contributed by atoms with E-state index in [9.17, 15) is 9.18 Å². The average molecular weight is 396 g/mol. The number of imidazole rings is 1. The lowest BCUT2D eigenvalue weighted by molar-refractivity contribution is -0.119. The van der Waals surface area contributed by atoms with Crippen LogP contribution in [0.25, 0.3) is 22.6 Å². The third-order valence-electron chi connectivity index (χ3n) is 4.89. The van der Waals surface area contributed by atoms with E-state index >= 15 is 0 Å². The van der Waals surface area contributed by atoms with Crippen LogP contribution in [0.2, 0.25) is 0 Å². The molecule has 0 atom stereocenters. The van der Waals surface area contributed by atoms with Gasteiger partial charge in [-0.25, -0.2) is 9.37 Å². The summed E-state index contributed by atoms with van der Waals surface area (Å²) in [6.07, 6.45) is 4.51. The molecule has 2 N–H and O–H groups in total. The SMILES string of the molecule is O=C(CSc1nc(-c2cccc(F)c2)[nH]c1-c1ccccc1)NC1CCCC1. The lowest BCUT2D eigenvalue weighted by Gasteiger charge is -2.11. The van der Waals surface area contributed by atoms with E-state index in [0.29, 0.717) is 23.2 Å². The summed E-state index contributed by atoms with van der Waals surface area (Å²) in [4.78, 5) is 20.3. The number of nitrogens with one attached hydrogen (secondary N) is 2. The highest BCUT2D eigenvalue weighted by Crippen LogP contribution is 2.32. The Morgan fingerprint density at radius 3 is 2.61 bits per heavy atom. The Hall–Kier alpha value is -2.60. The molecule has 0 aliphatic heterocycles. The van der Waals surface area contributed by atoms with Gasteiger partial charge >= 0.3 is 0 Å². The molecular formula is C22H22FN3OS. The molecule has 1 fully saturated rings. The topological polar surface area (TPSA) is 57.8 Å². The normalized spacial score (nSPS) is 14.3. The maximum atomic E-state index is 13.6. The zero-order valence-corrected chi connectivity index (χ0v) is 16.3. The molecule has 1 amide bonds. The standard InChI is InChI=1S/C22H22FN3OS/c23-17-10-6-9-16(13-17)21-25-20(15-7-2-1-3-8-15)22(26-21)28-14-19(27)24-18-11-4-5-12-18/h1-3,6-10,13,18H,4-5,11-12,14H2,(H,24,27)(H,25,26). The first kappa shape index (κ1) is 18.7. The van der Waals surface area contributed by atoms with Crippen molar-refractivity contribution in [3.8, 4) is 22.6 Å². The minimum absolute atomic E-state index is 0.0335. The monoisotopic (exact) mass is 395 g/mol. The van der Waals surface area contributed by atoms with Crippen LogP contribution in [0.1, 0.15) is 25.7 Å². The quantitative estimate of drug-likeness (QED) is 0.575. The maximum absolute atomic E-state index is 13.6. The van der Waals surface area contributed by atoms with Gasteiger partial charge in [0.05, 0.1) is 11.4 Å². The Balaban J connectivity index is 1.56. The lowest BCUT2D eigenvalue weighted by Crippen LogP contribution is -2.33. The molecule has 1 aliphatic rings. The number of amides is 1. The van der Waals surface area contributed by atoms with E-state index in [1.807, 2.05) is 36.4 Å². The molecule has 1 heterocycles. The second-order valence-electron chi connectivity index (χ2n) is 6.98. The van der Waals surface area contributed by atoms with Gasteiger partial charge in [-0.2, -0.15) is 0 Å². The summed E-state index contributed by atoms with van der Waals surface area (Å²) in [5.41, 5.74) is 2.51. The van der Waals surface area contributed by atoms with Gasteiger partial charge in [-0.3, -0.25) is 4.79 Å². The zero-order chi connectivity index (χ0) is 19.3. The van der Waals surface area contributed by atoms with Gasteiger partial charge in [-0.05, 0) is 25.0 Å². The number of benzene rings is 2. The first-order valence-electron chi connectivity index (χ1n) is 9.52. The fourth-order valence-corrected chi connectivity index (χ4v) is 4.33. The Bertz CT molecular complexity index is 951. The number of H-pyrrole nitrogens is 1. The van der Waals surface area contributed by atoms with Crippen LogP contribution >= 0.6 is 11.8 Å². The van der Waals surface area contributed by atoms with Crippen molar-refractivity contribution in [1.82, 2.24) is 15.3 Å². The number of hydrogen-bond acceptors (Lipinski definition) is 3. The van der Waals surface area contributed by atoms with Gasteiger partial charge in [0.1, 0.15) is 16.7 Å². The molecule has 1 saturated carbocycles. The van der Waals surface area contributed by atoms with E-state index in [0.717, 1.165) is 29.1 Å². The molecule has 4 rings (SSSR count). The highest BCUT2D eigenvalue weighted by atomic mass is 32.2. The van der Waals surface area contributed by atoms with Gasteiger partial charge in [0, 0.05) is 17.2 Å². The number of nitrogens with zero attached hydrogens (tertiary/aromatic N) is 1. The fraction of sp³-hybridized carbons (Fsp3) is 0.273. The molecule has 6 heteroatoms. The van der Waals surface area contributed by atoms with Crippen molar-refractivity contribution in [3.05, 3.63) is 60.4 Å². The van der Waals surface area contributed by atoms with Gasteiger partial charge in [-0.15, -0.1) is 0 Å². The van der Waals surface area contributed by atoms with Gasteiger partial charge in [0.2, 0.25) is 5.91 Å². The highest BCUT2D eigenvalue weighted by molar-refractivity contribution is 8.00. The smallest absolute Gasteiger partial charge is 0.230 e. The van der Waals surface area contributed by atoms with E-state index in [4.69, 9.17) is 0 Å². The minimum atomic E-state index is -0.305. The molecule has 0 spiro atoms. The second kappa shape index (κ2) is 8.61. The number of aromatic nitrogens is 2. The molecule has 0 unspecified atom stereocenters. The van der Waals surface area contributed by atoms with Crippen LogP contribution in [0.5, 0.6) is 0 Å². The van der Waals surface area contributed by atoms with E-state index in [-0.39, 0.29) is 11.7 Å². The Labute approximate surface area is 168 Å². The van der Waals surface area contributed by atoms with Crippen LogP contribution in [0.4, 0.5) is 4.39 Å². The van der Waals surface area contributed by atoms with Crippen molar-refractivity contribution < 1.29 is 9.18 Å².